The fourth-order valence-electron chi connectivity index (χ4n) is 1.23. The first-order valence-corrected chi connectivity index (χ1v) is 3.65. The second kappa shape index (κ2) is 2.63. The van der Waals surface area contributed by atoms with Crippen LogP contribution < -0.4 is 0 Å². The van der Waals surface area contributed by atoms with E-state index < -0.39 is 35.9 Å². The van der Waals surface area contributed by atoms with Gasteiger partial charge in [0.1, 0.15) is 0 Å². The summed E-state index contributed by atoms with van der Waals surface area (Å²) in [6.45, 7) is 0. The Labute approximate surface area is 77.9 Å². The van der Waals surface area contributed by atoms with E-state index in [-0.39, 0.29) is 17.6 Å². The fraction of sp³-hybridized carbons (Fsp3) is 0.300. The van der Waals surface area contributed by atoms with Crippen molar-refractivity contribution in [1.82, 2.24) is 0 Å². The van der Waals surface area contributed by atoms with Crippen LogP contribution in [0.5, 0.6) is 0 Å². The Morgan fingerprint density at radius 2 is 2.17 bits per heavy atom. The molecule has 62 valence electrons. The van der Waals surface area contributed by atoms with Gasteiger partial charge in [0.15, 0.2) is 0 Å². The first kappa shape index (κ1) is 3.60. The molecule has 0 saturated heterocycles. The highest BCUT2D eigenvalue weighted by molar-refractivity contribution is 5.75. The average Bonchev–Trinajstić information content (AvgIpc) is 3.04. The molecular formula is C10H10O2. The molecule has 1 aliphatic carbocycles. The molecule has 1 saturated carbocycles. The Morgan fingerprint density at radius 1 is 1.50 bits per heavy atom. The van der Waals surface area contributed by atoms with Crippen molar-refractivity contribution < 1.29 is 16.8 Å². The maximum Gasteiger partial charge on any atom is 0.307 e. The van der Waals surface area contributed by atoms with Crippen molar-refractivity contribution in [3.8, 4) is 0 Å². The first-order valence-electron chi connectivity index (χ1n) is 6.15. The van der Waals surface area contributed by atoms with Gasteiger partial charge in [0.2, 0.25) is 0 Å². The minimum atomic E-state index is -0.984. The maximum absolute atomic E-state index is 10.8. The van der Waals surface area contributed by atoms with Crippen molar-refractivity contribution >= 4 is 5.97 Å². The fourth-order valence-corrected chi connectivity index (χ4v) is 1.23. The summed E-state index contributed by atoms with van der Waals surface area (Å²) in [5, 5.41) is 8.81. The highest BCUT2D eigenvalue weighted by atomic mass is 16.4. The lowest BCUT2D eigenvalue weighted by molar-refractivity contribution is -0.138. The molecular weight excluding hydrogens is 152 g/mol. The molecule has 1 aromatic carbocycles. The average molecular weight is 167 g/mol. The minimum Gasteiger partial charge on any atom is -0.481 e. The summed E-state index contributed by atoms with van der Waals surface area (Å²) in [6.07, 6.45) is 0.337. The normalized spacial score (nSPS) is 32.5. The van der Waals surface area contributed by atoms with E-state index in [0.29, 0.717) is 6.42 Å². The summed E-state index contributed by atoms with van der Waals surface area (Å²) >= 11 is 0. The molecule has 0 bridgehead atoms. The highest BCUT2D eigenvalue weighted by Crippen LogP contribution is 2.47. The molecule has 12 heavy (non-hydrogen) atoms. The number of carbonyl (C=O) groups is 1. The van der Waals surface area contributed by atoms with E-state index in [1.54, 1.807) is 0 Å². The van der Waals surface area contributed by atoms with Crippen molar-refractivity contribution in [2.75, 3.05) is 0 Å². The Hall–Kier alpha value is -1.31. The summed E-state index contributed by atoms with van der Waals surface area (Å²) in [5.41, 5.74) is 0.128. The SMILES string of the molecule is [2H]c1c([2H])c([2H])c([C@@H]2C[C@@H]2C(=O)O)c([2H])c1[2H]. The van der Waals surface area contributed by atoms with E-state index in [1.807, 2.05) is 0 Å². The third kappa shape index (κ3) is 1.20. The van der Waals surface area contributed by atoms with Gasteiger partial charge in [-0.3, -0.25) is 4.79 Å². The summed E-state index contributed by atoms with van der Waals surface area (Å²) in [5.74, 6) is -2.07. The summed E-state index contributed by atoms with van der Waals surface area (Å²) in [6, 6.07) is -1.83. The molecule has 1 fully saturated rings. The van der Waals surface area contributed by atoms with E-state index >= 15 is 0 Å². The molecule has 0 aliphatic heterocycles. The second-order valence-electron chi connectivity index (χ2n) is 2.83. The zero-order valence-electron chi connectivity index (χ0n) is 11.2. The third-order valence-corrected chi connectivity index (χ3v) is 2.00. The zero-order valence-corrected chi connectivity index (χ0v) is 6.22. The van der Waals surface area contributed by atoms with Crippen LogP contribution in [0.3, 0.4) is 0 Å². The summed E-state index contributed by atoms with van der Waals surface area (Å²) < 4.78 is 37.7. The minimum absolute atomic E-state index is 0.128. The van der Waals surface area contributed by atoms with Gasteiger partial charge in [-0.25, -0.2) is 0 Å². The molecule has 0 heterocycles. The summed E-state index contributed by atoms with van der Waals surface area (Å²) in [7, 11) is 0. The molecule has 0 unspecified atom stereocenters. The molecule has 0 aromatic heterocycles. The molecule has 2 heteroatoms. The lowest BCUT2D eigenvalue weighted by atomic mass is 10.1. The van der Waals surface area contributed by atoms with E-state index in [4.69, 9.17) is 12.0 Å². The van der Waals surface area contributed by atoms with Gasteiger partial charge in [-0.1, -0.05) is 30.2 Å². The number of carboxylic acid groups (broad SMARTS) is 1. The molecule has 0 radical (unpaired) electrons. The Bertz CT molecular complexity index is 485. The van der Waals surface area contributed by atoms with Crippen LogP contribution in [0.15, 0.2) is 30.2 Å². The van der Waals surface area contributed by atoms with Crippen LogP contribution >= 0.6 is 0 Å². The van der Waals surface area contributed by atoms with Crippen LogP contribution in [0.1, 0.15) is 24.8 Å². The summed E-state index contributed by atoms with van der Waals surface area (Å²) in [4.78, 5) is 10.8. The zero-order chi connectivity index (χ0) is 12.9. The van der Waals surface area contributed by atoms with Crippen molar-refractivity contribution in [2.45, 2.75) is 12.3 Å². The third-order valence-electron chi connectivity index (χ3n) is 2.00. The Balaban J connectivity index is 2.53. The lowest BCUT2D eigenvalue weighted by Crippen LogP contribution is -1.98. The number of hydrogen-bond donors (Lipinski definition) is 1. The van der Waals surface area contributed by atoms with Gasteiger partial charge in [-0.05, 0) is 17.9 Å². The smallest absolute Gasteiger partial charge is 0.307 e. The molecule has 0 spiro atoms. The number of aliphatic carboxylic acids is 1. The van der Waals surface area contributed by atoms with Crippen molar-refractivity contribution in [3.63, 3.8) is 0 Å². The number of hydrogen-bond acceptors (Lipinski definition) is 1. The molecule has 2 rings (SSSR count). The van der Waals surface area contributed by atoms with Crippen LogP contribution in [0.2, 0.25) is 0 Å². The van der Waals surface area contributed by atoms with E-state index in [2.05, 4.69) is 0 Å². The van der Waals surface area contributed by atoms with Crippen LogP contribution in [0, 0.1) is 5.92 Å². The van der Waals surface area contributed by atoms with Gasteiger partial charge in [-0.15, -0.1) is 0 Å². The monoisotopic (exact) mass is 167 g/mol. The molecule has 1 aromatic rings. The van der Waals surface area contributed by atoms with E-state index in [1.165, 1.54) is 0 Å². The largest absolute Gasteiger partial charge is 0.481 e. The van der Waals surface area contributed by atoms with Gasteiger partial charge in [0.05, 0.1) is 12.8 Å². The Morgan fingerprint density at radius 3 is 2.67 bits per heavy atom. The van der Waals surface area contributed by atoms with Crippen LogP contribution in [-0.4, -0.2) is 11.1 Å². The lowest BCUT2D eigenvalue weighted by Gasteiger charge is -1.95. The number of carboxylic acids is 1. The van der Waals surface area contributed by atoms with Gasteiger partial charge < -0.3 is 5.11 Å². The van der Waals surface area contributed by atoms with Gasteiger partial charge in [-0.2, -0.15) is 0 Å². The number of rotatable bonds is 2. The predicted octanol–water partition coefficient (Wildman–Crippen LogP) is 1.87. The molecule has 1 aliphatic rings. The van der Waals surface area contributed by atoms with E-state index in [0.717, 1.165) is 0 Å². The van der Waals surface area contributed by atoms with Gasteiger partial charge >= 0.3 is 5.97 Å². The van der Waals surface area contributed by atoms with Crippen molar-refractivity contribution in [3.05, 3.63) is 35.8 Å². The van der Waals surface area contributed by atoms with Crippen LogP contribution in [0.4, 0.5) is 0 Å². The first-order chi connectivity index (χ1) is 7.86. The standard InChI is InChI=1S/C10H10O2/c11-10(12)9-6-8(9)7-4-2-1-3-5-7/h1-5,8-9H,6H2,(H,11,12)/t8-,9-/m0/s1/i1D,2D,3D,4D,5D. The van der Waals surface area contributed by atoms with Crippen molar-refractivity contribution in [1.29, 1.82) is 0 Å². The quantitative estimate of drug-likeness (QED) is 0.730. The number of benzene rings is 1. The van der Waals surface area contributed by atoms with Crippen LogP contribution in [-0.2, 0) is 4.79 Å². The molecule has 2 nitrogen and oxygen atoms in total. The van der Waals surface area contributed by atoms with Gasteiger partial charge in [0, 0.05) is 0 Å². The van der Waals surface area contributed by atoms with Crippen molar-refractivity contribution in [2.24, 2.45) is 5.92 Å². The topological polar surface area (TPSA) is 37.3 Å². The van der Waals surface area contributed by atoms with Crippen LogP contribution in [0.25, 0.3) is 0 Å². The van der Waals surface area contributed by atoms with Gasteiger partial charge in [0.25, 0.3) is 0 Å². The van der Waals surface area contributed by atoms with E-state index in [9.17, 15) is 4.79 Å². The molecule has 1 N–H and O–H groups in total. The highest BCUT2D eigenvalue weighted by Gasteiger charge is 2.43. The maximum atomic E-state index is 10.8. The molecule has 2 atom stereocenters. The predicted molar refractivity (Wildman–Crippen MR) is 44.9 cm³/mol. The molecule has 0 amide bonds. The second-order valence-corrected chi connectivity index (χ2v) is 2.83. The Kier molecular flexibility index (Phi) is 0.789.